The number of phenolic OH excluding ortho intramolecular Hbond substituents is 1. The summed E-state index contributed by atoms with van der Waals surface area (Å²) in [6, 6.07) is 5.75. The molecular weight excluding hydrogens is 236 g/mol. The highest BCUT2D eigenvalue weighted by atomic mass is 16.5. The van der Waals surface area contributed by atoms with E-state index in [9.17, 15) is 5.11 Å². The molecule has 1 aromatic rings. The highest BCUT2D eigenvalue weighted by Crippen LogP contribution is 2.31. The van der Waals surface area contributed by atoms with Gasteiger partial charge in [0.2, 0.25) is 0 Å². The van der Waals surface area contributed by atoms with E-state index in [-0.39, 0.29) is 0 Å². The minimum Gasteiger partial charge on any atom is -0.504 e. The molecule has 0 amide bonds. The summed E-state index contributed by atoms with van der Waals surface area (Å²) in [5.74, 6) is 0.900. The lowest BCUT2D eigenvalue weighted by molar-refractivity contribution is 0.303. The molecule has 0 fully saturated rings. The lowest BCUT2D eigenvalue weighted by Gasteiger charge is -2.10. The van der Waals surface area contributed by atoms with Crippen molar-refractivity contribution in [3.63, 3.8) is 0 Å². The number of aromatic hydroxyl groups is 1. The number of aryl methyl sites for hydroxylation is 1. The molecule has 0 aliphatic carbocycles. The molecule has 19 heavy (non-hydrogen) atoms. The smallest absolute Gasteiger partial charge is 0.161 e. The predicted octanol–water partition coefficient (Wildman–Crippen LogP) is 4.90. The van der Waals surface area contributed by atoms with Crippen LogP contribution in [0, 0.1) is 6.92 Å². The van der Waals surface area contributed by atoms with Crippen molar-refractivity contribution in [1.82, 2.24) is 0 Å². The fourth-order valence-electron chi connectivity index (χ4n) is 2.16. The van der Waals surface area contributed by atoms with Crippen molar-refractivity contribution in [3.8, 4) is 11.5 Å². The van der Waals surface area contributed by atoms with Gasteiger partial charge in [0.15, 0.2) is 11.5 Å². The number of unbranched alkanes of at least 4 members (excludes halogenated alkanes) is 5. The van der Waals surface area contributed by atoms with Crippen LogP contribution in [0.5, 0.6) is 11.5 Å². The van der Waals surface area contributed by atoms with Gasteiger partial charge >= 0.3 is 0 Å². The molecule has 2 heteroatoms. The van der Waals surface area contributed by atoms with Crippen LogP contribution in [-0.2, 0) is 6.42 Å². The summed E-state index contributed by atoms with van der Waals surface area (Å²) in [6.45, 7) is 6.51. The van der Waals surface area contributed by atoms with Crippen LogP contribution in [0.4, 0.5) is 0 Å². The Bertz CT molecular complexity index is 347. The molecule has 1 aromatic carbocycles. The fourth-order valence-corrected chi connectivity index (χ4v) is 2.16. The van der Waals surface area contributed by atoms with Crippen LogP contribution in [0.3, 0.4) is 0 Å². The van der Waals surface area contributed by atoms with Crippen molar-refractivity contribution in [2.24, 2.45) is 0 Å². The average molecular weight is 263 g/mol. The Morgan fingerprint density at radius 3 is 2.58 bits per heavy atom. The molecule has 0 aromatic heterocycles. The molecule has 0 atom stereocenters. The van der Waals surface area contributed by atoms with Gasteiger partial charge in [0, 0.05) is 0 Å². The van der Waals surface area contributed by atoms with E-state index in [0.717, 1.165) is 18.4 Å². The van der Waals surface area contributed by atoms with E-state index in [0.29, 0.717) is 24.5 Å². The monoisotopic (exact) mass is 263 g/mol. The van der Waals surface area contributed by atoms with E-state index >= 15 is 0 Å². The molecule has 0 saturated heterocycles. The summed E-state index contributed by atoms with van der Waals surface area (Å²) in [5.41, 5.74) is 0.997. The van der Waals surface area contributed by atoms with E-state index in [2.05, 4.69) is 13.8 Å². The van der Waals surface area contributed by atoms with E-state index in [1.807, 2.05) is 18.2 Å². The Kier molecular flexibility index (Phi) is 8.11. The zero-order valence-electron chi connectivity index (χ0n) is 12.2. The number of hydrogen-bond acceptors (Lipinski definition) is 2. The highest BCUT2D eigenvalue weighted by molar-refractivity contribution is 5.45. The maximum absolute atomic E-state index is 10.1. The van der Waals surface area contributed by atoms with Gasteiger partial charge in [-0.2, -0.15) is 0 Å². The third kappa shape index (κ3) is 6.00. The topological polar surface area (TPSA) is 29.5 Å². The first kappa shape index (κ1) is 15.9. The van der Waals surface area contributed by atoms with Crippen molar-refractivity contribution in [3.05, 3.63) is 30.7 Å². The lowest BCUT2D eigenvalue weighted by Crippen LogP contribution is -1.97. The van der Waals surface area contributed by atoms with E-state index in [1.165, 1.54) is 32.1 Å². The first-order valence-corrected chi connectivity index (χ1v) is 7.52. The number of benzene rings is 1. The second-order valence-corrected chi connectivity index (χ2v) is 4.98. The Morgan fingerprint density at radius 2 is 1.84 bits per heavy atom. The Balaban J connectivity index is 2.36. The molecule has 0 saturated carbocycles. The standard InChI is InChI=1S/C17H27O2/c1-3-5-6-7-8-9-11-15-12-10-13-16(17(15)18)19-14-4-2/h10,12-13,18H,2-9,11,14H2,1H3. The molecule has 2 nitrogen and oxygen atoms in total. The SMILES string of the molecule is [CH2]CCOc1cccc(CCCCCCCC)c1O. The molecule has 1 radical (unpaired) electrons. The second-order valence-electron chi connectivity index (χ2n) is 4.98. The summed E-state index contributed by atoms with van der Waals surface area (Å²) in [5, 5.41) is 10.1. The zero-order valence-corrected chi connectivity index (χ0v) is 12.2. The van der Waals surface area contributed by atoms with Crippen LogP contribution in [0.25, 0.3) is 0 Å². The summed E-state index contributed by atoms with van der Waals surface area (Å²) in [4.78, 5) is 0. The van der Waals surface area contributed by atoms with Crippen molar-refractivity contribution < 1.29 is 9.84 Å². The summed E-state index contributed by atoms with van der Waals surface area (Å²) in [7, 11) is 0. The van der Waals surface area contributed by atoms with Gasteiger partial charge in [0.1, 0.15) is 0 Å². The van der Waals surface area contributed by atoms with E-state index < -0.39 is 0 Å². The van der Waals surface area contributed by atoms with Gasteiger partial charge in [0.25, 0.3) is 0 Å². The van der Waals surface area contributed by atoms with Gasteiger partial charge in [-0.1, -0.05) is 51.2 Å². The molecule has 0 heterocycles. The van der Waals surface area contributed by atoms with Gasteiger partial charge in [-0.15, -0.1) is 0 Å². The third-order valence-electron chi connectivity index (χ3n) is 3.28. The average Bonchev–Trinajstić information content (AvgIpc) is 2.43. The van der Waals surface area contributed by atoms with Gasteiger partial charge < -0.3 is 9.84 Å². The number of ether oxygens (including phenoxy) is 1. The highest BCUT2D eigenvalue weighted by Gasteiger charge is 2.07. The number of rotatable bonds is 10. The third-order valence-corrected chi connectivity index (χ3v) is 3.28. The molecule has 0 aliphatic rings. The van der Waals surface area contributed by atoms with Crippen LogP contribution in [0.15, 0.2) is 18.2 Å². The first-order valence-electron chi connectivity index (χ1n) is 7.52. The number of hydrogen-bond donors (Lipinski definition) is 1. The van der Waals surface area contributed by atoms with E-state index in [4.69, 9.17) is 4.74 Å². The summed E-state index contributed by atoms with van der Waals surface area (Å²) < 4.78 is 5.47. The lowest BCUT2D eigenvalue weighted by atomic mass is 10.0. The number of phenols is 1. The summed E-state index contributed by atoms with van der Waals surface area (Å²) >= 11 is 0. The normalized spacial score (nSPS) is 10.6. The summed E-state index contributed by atoms with van der Waals surface area (Å²) in [6.07, 6.45) is 9.26. The largest absolute Gasteiger partial charge is 0.504 e. The quantitative estimate of drug-likeness (QED) is 0.608. The minimum absolute atomic E-state index is 0.310. The zero-order chi connectivity index (χ0) is 13.9. The fraction of sp³-hybridized carbons (Fsp3) is 0.588. The Hall–Kier alpha value is -1.18. The Labute approximate surface area is 117 Å². The van der Waals surface area contributed by atoms with Crippen LogP contribution >= 0.6 is 0 Å². The molecule has 0 bridgehead atoms. The minimum atomic E-state index is 0.310. The molecule has 1 N–H and O–H groups in total. The van der Waals surface area contributed by atoms with Gasteiger partial charge in [-0.25, -0.2) is 0 Å². The second kappa shape index (κ2) is 9.71. The van der Waals surface area contributed by atoms with Gasteiger partial charge in [-0.05, 0) is 37.8 Å². The molecule has 0 aliphatic heterocycles. The van der Waals surface area contributed by atoms with Crippen LogP contribution in [0.1, 0.15) is 57.4 Å². The Morgan fingerprint density at radius 1 is 1.11 bits per heavy atom. The van der Waals surface area contributed by atoms with Crippen molar-refractivity contribution in [2.45, 2.75) is 58.3 Å². The number of para-hydroxylation sites is 1. The molecule has 1 rings (SSSR count). The van der Waals surface area contributed by atoms with Crippen LogP contribution < -0.4 is 4.74 Å². The first-order chi connectivity index (χ1) is 9.29. The van der Waals surface area contributed by atoms with Crippen molar-refractivity contribution >= 4 is 0 Å². The van der Waals surface area contributed by atoms with E-state index in [1.54, 1.807) is 0 Å². The maximum atomic E-state index is 10.1. The van der Waals surface area contributed by atoms with Crippen molar-refractivity contribution in [1.29, 1.82) is 0 Å². The van der Waals surface area contributed by atoms with Crippen LogP contribution in [-0.4, -0.2) is 11.7 Å². The molecule has 107 valence electrons. The van der Waals surface area contributed by atoms with Gasteiger partial charge in [-0.3, -0.25) is 0 Å². The molecule has 0 spiro atoms. The molecule has 0 unspecified atom stereocenters. The predicted molar refractivity (Wildman–Crippen MR) is 80.7 cm³/mol. The van der Waals surface area contributed by atoms with Crippen molar-refractivity contribution in [2.75, 3.05) is 6.61 Å². The molecular formula is C17H27O2. The van der Waals surface area contributed by atoms with Crippen LogP contribution in [0.2, 0.25) is 0 Å². The maximum Gasteiger partial charge on any atom is 0.161 e. The van der Waals surface area contributed by atoms with Gasteiger partial charge in [0.05, 0.1) is 6.61 Å².